The van der Waals surface area contributed by atoms with Gasteiger partial charge in [0, 0.05) is 38.1 Å². The van der Waals surface area contributed by atoms with Gasteiger partial charge in [-0.3, -0.25) is 9.59 Å². The molecule has 8 nitrogen and oxygen atoms in total. The highest BCUT2D eigenvalue weighted by Crippen LogP contribution is 2.36. The number of carbonyl (C=O) groups is 2. The lowest BCUT2D eigenvalue weighted by molar-refractivity contribution is -0.252. The molecule has 4 aromatic rings. The molecule has 3 heterocycles. The Kier molecular flexibility index (Phi) is 7.37. The highest BCUT2D eigenvalue weighted by molar-refractivity contribution is 5.95. The fraction of sp³-hybridized carbons (Fsp3) is 0.452. The Morgan fingerprint density at radius 3 is 2.59 bits per heavy atom. The lowest BCUT2D eigenvalue weighted by atomic mass is 9.87. The molecule has 1 aliphatic heterocycles. The van der Waals surface area contributed by atoms with Gasteiger partial charge in [-0.2, -0.15) is 4.39 Å². The van der Waals surface area contributed by atoms with Gasteiger partial charge in [-0.25, -0.2) is 14.3 Å². The van der Waals surface area contributed by atoms with Crippen molar-refractivity contribution in [3.63, 3.8) is 0 Å². The Labute approximate surface area is 236 Å². The first-order chi connectivity index (χ1) is 19.7. The summed E-state index contributed by atoms with van der Waals surface area (Å²) in [6.45, 7) is 0.887. The molecule has 41 heavy (non-hydrogen) atoms. The van der Waals surface area contributed by atoms with Crippen LogP contribution in [-0.4, -0.2) is 58.5 Å². The van der Waals surface area contributed by atoms with Crippen LogP contribution >= 0.6 is 0 Å². The van der Waals surface area contributed by atoms with Crippen LogP contribution in [0.4, 0.5) is 8.78 Å². The van der Waals surface area contributed by atoms with Gasteiger partial charge in [-0.1, -0.05) is 6.07 Å². The summed E-state index contributed by atoms with van der Waals surface area (Å²) in [5.74, 6) is -3.63. The molecule has 2 aromatic carbocycles. The Bertz CT molecular complexity index is 1600. The van der Waals surface area contributed by atoms with E-state index in [-0.39, 0.29) is 24.1 Å². The molecule has 1 aliphatic carbocycles. The van der Waals surface area contributed by atoms with Crippen molar-refractivity contribution < 1.29 is 32.3 Å². The number of hydrogen-bond acceptors (Lipinski definition) is 7. The lowest BCUT2D eigenvalue weighted by Crippen LogP contribution is -2.54. The fourth-order valence-electron chi connectivity index (χ4n) is 6.14. The van der Waals surface area contributed by atoms with Crippen molar-refractivity contribution in [2.75, 3.05) is 20.2 Å². The minimum Gasteiger partial charge on any atom is -0.469 e. The second kappa shape index (κ2) is 11.0. The standard InChI is InChI=1S/C31H33F2N3O5/c1-35-18-24(23-11-8-21(32)17-26(23)35)29-34-25-12-5-19(15-27(25)40-29)16-28(37)31(33,36-13-3-4-14-36)41-22-9-6-20(7-10-22)30(38)39-2/h5,8,11-12,15,17-18,20,22H,3-4,6-7,9-10,13-14,16H2,1-2H3/t20-,22-,31?. The van der Waals surface area contributed by atoms with Gasteiger partial charge in [-0.15, -0.1) is 0 Å². The van der Waals surface area contributed by atoms with Gasteiger partial charge in [0.25, 0.3) is 0 Å². The number of esters is 1. The van der Waals surface area contributed by atoms with E-state index in [1.54, 1.807) is 24.3 Å². The highest BCUT2D eigenvalue weighted by Gasteiger charge is 2.48. The topological polar surface area (TPSA) is 86.8 Å². The number of nitrogens with zero attached hydrogens (tertiary/aromatic N) is 3. The van der Waals surface area contributed by atoms with E-state index in [1.807, 2.05) is 17.8 Å². The summed E-state index contributed by atoms with van der Waals surface area (Å²) in [7, 11) is 3.19. The van der Waals surface area contributed by atoms with Gasteiger partial charge >= 0.3 is 11.9 Å². The number of fused-ring (bicyclic) bond motifs is 2. The van der Waals surface area contributed by atoms with Crippen LogP contribution < -0.4 is 0 Å². The molecule has 6 rings (SSSR count). The maximum Gasteiger partial charge on any atom is 0.330 e. The molecule has 0 spiro atoms. The summed E-state index contributed by atoms with van der Waals surface area (Å²) in [6, 6.07) is 9.76. The summed E-state index contributed by atoms with van der Waals surface area (Å²) < 4.78 is 49.1. The van der Waals surface area contributed by atoms with Gasteiger partial charge in [-0.05, 0) is 74.4 Å². The fourth-order valence-corrected chi connectivity index (χ4v) is 6.14. The van der Waals surface area contributed by atoms with E-state index < -0.39 is 17.9 Å². The number of benzene rings is 2. The number of likely N-dealkylation sites (tertiary alicyclic amines) is 1. The van der Waals surface area contributed by atoms with Crippen molar-refractivity contribution in [2.45, 2.75) is 57.0 Å². The third-order valence-corrected chi connectivity index (χ3v) is 8.39. The van der Waals surface area contributed by atoms with Gasteiger partial charge < -0.3 is 18.5 Å². The molecule has 1 saturated carbocycles. The van der Waals surface area contributed by atoms with Crippen LogP contribution in [0.1, 0.15) is 44.1 Å². The quantitative estimate of drug-likeness (QED) is 0.200. The number of halogens is 2. The average Bonchev–Trinajstić information content (AvgIpc) is 3.72. The number of ether oxygens (including phenoxy) is 2. The Balaban J connectivity index is 1.22. The lowest BCUT2D eigenvalue weighted by Gasteiger charge is -2.37. The SMILES string of the molecule is COC(=O)[C@H]1CC[C@H](OC(F)(C(=O)Cc2ccc3nc(-c4cn(C)c5cc(F)ccc45)oc3c2)N2CCCC2)CC1. The second-order valence-electron chi connectivity index (χ2n) is 11.1. The number of alkyl halides is 1. The molecule has 0 amide bonds. The second-order valence-corrected chi connectivity index (χ2v) is 11.1. The number of oxazole rings is 1. The van der Waals surface area contributed by atoms with Crippen molar-refractivity contribution in [3.8, 4) is 11.5 Å². The number of rotatable bonds is 8. The maximum absolute atomic E-state index is 16.6. The van der Waals surface area contributed by atoms with E-state index in [2.05, 4.69) is 4.98 Å². The van der Waals surface area contributed by atoms with Crippen molar-refractivity contribution >= 4 is 33.8 Å². The minimum absolute atomic E-state index is 0.177. The maximum atomic E-state index is 16.6. The first kappa shape index (κ1) is 27.5. The number of Topliss-reactive ketones (excluding diaryl/α,β-unsaturated/α-hetero) is 1. The third kappa shape index (κ3) is 5.26. The van der Waals surface area contributed by atoms with Crippen LogP contribution in [0, 0.1) is 11.7 Å². The number of aromatic nitrogens is 2. The number of ketones is 1. The molecule has 0 radical (unpaired) electrons. The molecule has 2 aliphatic rings. The molecule has 10 heteroatoms. The molecule has 2 aromatic heterocycles. The first-order valence-corrected chi connectivity index (χ1v) is 14.1. The average molecular weight is 566 g/mol. The zero-order valence-electron chi connectivity index (χ0n) is 23.2. The zero-order valence-corrected chi connectivity index (χ0v) is 23.2. The van der Waals surface area contributed by atoms with E-state index >= 15 is 4.39 Å². The van der Waals surface area contributed by atoms with Crippen molar-refractivity contribution in [1.82, 2.24) is 14.5 Å². The molecule has 0 N–H and O–H groups in total. The molecular formula is C31H33F2N3O5. The Morgan fingerprint density at radius 2 is 1.85 bits per heavy atom. The monoisotopic (exact) mass is 565 g/mol. The zero-order chi connectivity index (χ0) is 28.7. The summed E-state index contributed by atoms with van der Waals surface area (Å²) in [5, 5.41) is 0.807. The number of hydrogen-bond donors (Lipinski definition) is 0. The van der Waals surface area contributed by atoms with Gasteiger partial charge in [0.1, 0.15) is 11.3 Å². The summed E-state index contributed by atoms with van der Waals surface area (Å²) in [6.07, 6.45) is 4.84. The van der Waals surface area contributed by atoms with Gasteiger partial charge in [0.05, 0.1) is 30.2 Å². The van der Waals surface area contributed by atoms with Crippen LogP contribution in [0.3, 0.4) is 0 Å². The summed E-state index contributed by atoms with van der Waals surface area (Å²) in [5.41, 5.74) is 3.10. The molecule has 0 bridgehead atoms. The van der Waals surface area contributed by atoms with Crippen LogP contribution in [0.15, 0.2) is 47.0 Å². The first-order valence-electron chi connectivity index (χ1n) is 14.1. The Hall–Kier alpha value is -3.63. The number of aryl methyl sites for hydroxylation is 1. The highest BCUT2D eigenvalue weighted by atomic mass is 19.2. The van der Waals surface area contributed by atoms with Crippen molar-refractivity contribution in [2.24, 2.45) is 13.0 Å². The molecule has 1 saturated heterocycles. The number of carbonyl (C=O) groups excluding carboxylic acids is 2. The van der Waals surface area contributed by atoms with E-state index in [4.69, 9.17) is 13.9 Å². The normalized spacial score (nSPS) is 21.4. The molecule has 1 unspecified atom stereocenters. The van der Waals surface area contributed by atoms with Gasteiger partial charge in [0.15, 0.2) is 5.58 Å². The van der Waals surface area contributed by atoms with E-state index in [1.165, 1.54) is 24.1 Å². The largest absolute Gasteiger partial charge is 0.469 e. The summed E-state index contributed by atoms with van der Waals surface area (Å²) >= 11 is 0. The predicted molar refractivity (Wildman–Crippen MR) is 148 cm³/mol. The van der Waals surface area contributed by atoms with Crippen molar-refractivity contribution in [3.05, 3.63) is 54.0 Å². The van der Waals surface area contributed by atoms with E-state index in [9.17, 15) is 14.0 Å². The van der Waals surface area contributed by atoms with Crippen LogP contribution in [0.25, 0.3) is 33.5 Å². The van der Waals surface area contributed by atoms with Gasteiger partial charge in [0.2, 0.25) is 11.7 Å². The molecule has 1 atom stereocenters. The molecular weight excluding hydrogens is 532 g/mol. The minimum atomic E-state index is -2.54. The molecule has 2 fully saturated rings. The number of methoxy groups -OCH3 is 1. The molecule has 216 valence electrons. The third-order valence-electron chi connectivity index (χ3n) is 8.39. The van der Waals surface area contributed by atoms with Crippen molar-refractivity contribution in [1.29, 1.82) is 0 Å². The van der Waals surface area contributed by atoms with Crippen LogP contribution in [0.5, 0.6) is 0 Å². The van der Waals surface area contributed by atoms with Crippen LogP contribution in [0.2, 0.25) is 0 Å². The van der Waals surface area contributed by atoms with E-state index in [0.717, 1.165) is 23.8 Å². The summed E-state index contributed by atoms with van der Waals surface area (Å²) in [4.78, 5) is 31.6. The smallest absolute Gasteiger partial charge is 0.330 e. The Morgan fingerprint density at radius 1 is 1.10 bits per heavy atom. The van der Waals surface area contributed by atoms with E-state index in [0.29, 0.717) is 66.8 Å². The predicted octanol–water partition coefficient (Wildman–Crippen LogP) is 5.70. The van der Waals surface area contributed by atoms with Crippen LogP contribution in [-0.2, 0) is 32.5 Å².